The van der Waals surface area contributed by atoms with Gasteiger partial charge in [-0.3, -0.25) is 24.5 Å². The lowest BCUT2D eigenvalue weighted by atomic mass is 9.46. The molecule has 0 spiro atoms. The Morgan fingerprint density at radius 1 is 1.05 bits per heavy atom. The number of rotatable bonds is 7. The summed E-state index contributed by atoms with van der Waals surface area (Å²) in [6.07, 6.45) is 9.97. The van der Waals surface area contributed by atoms with Gasteiger partial charge in [-0.2, -0.15) is 10.2 Å². The topological polar surface area (TPSA) is 102 Å². The van der Waals surface area contributed by atoms with Crippen LogP contribution in [-0.2, 0) is 16.9 Å². The summed E-state index contributed by atoms with van der Waals surface area (Å²) >= 11 is 0. The molecule has 0 N–H and O–H groups in total. The number of amides is 1. The molecule has 41 heavy (non-hydrogen) atoms. The maximum Gasteiger partial charge on any atom is 0.307 e. The molecular weight excluding hydrogens is 518 g/mol. The Balaban J connectivity index is 1.00. The molecule has 1 saturated heterocycles. The van der Waals surface area contributed by atoms with E-state index in [9.17, 15) is 14.9 Å². The van der Waals surface area contributed by atoms with Gasteiger partial charge in [0.25, 0.3) is 0 Å². The van der Waals surface area contributed by atoms with E-state index in [1.165, 1.54) is 23.9 Å². The Labute approximate surface area is 240 Å². The predicted molar refractivity (Wildman–Crippen MR) is 153 cm³/mol. The third kappa shape index (κ3) is 4.66. The number of hydrogen-bond acceptors (Lipinski definition) is 6. The molecule has 3 aromatic rings. The average molecular weight is 558 g/mol. The number of piperazine rings is 1. The number of carbonyl (C=O) groups excluding carboxylic acids is 1. The molecule has 4 bridgehead atoms. The number of aryl methyl sites for hydroxylation is 1. The third-order valence-electron chi connectivity index (χ3n) is 10.5. The molecule has 4 saturated carbocycles. The van der Waals surface area contributed by atoms with E-state index in [1.54, 1.807) is 6.20 Å². The summed E-state index contributed by atoms with van der Waals surface area (Å²) in [5.74, 6) is 1.43. The molecule has 2 aromatic heterocycles. The molecule has 2 atom stereocenters. The van der Waals surface area contributed by atoms with Crippen LogP contribution in [0.3, 0.4) is 0 Å². The first-order valence-corrected chi connectivity index (χ1v) is 15.0. The Hall–Kier alpha value is -3.53. The lowest BCUT2D eigenvalue weighted by Gasteiger charge is -2.62. The number of aromatic nitrogens is 4. The molecule has 1 amide bonds. The fourth-order valence-electron chi connectivity index (χ4n) is 9.08. The number of para-hydroxylation sites is 1. The van der Waals surface area contributed by atoms with Crippen molar-refractivity contribution in [3.05, 3.63) is 69.8 Å². The Bertz CT molecular complexity index is 1460. The summed E-state index contributed by atoms with van der Waals surface area (Å²) in [5, 5.41) is 20.6. The van der Waals surface area contributed by atoms with Crippen LogP contribution < -0.4 is 0 Å². The molecule has 1 aromatic carbocycles. The van der Waals surface area contributed by atoms with Crippen molar-refractivity contribution in [3.8, 4) is 5.69 Å². The molecule has 8 rings (SSSR count). The van der Waals surface area contributed by atoms with Crippen molar-refractivity contribution in [2.24, 2.45) is 17.3 Å². The molecule has 5 aliphatic rings. The van der Waals surface area contributed by atoms with Crippen LogP contribution >= 0.6 is 0 Å². The number of carbonyl (C=O) groups is 1. The van der Waals surface area contributed by atoms with Gasteiger partial charge in [-0.25, -0.2) is 4.68 Å². The lowest BCUT2D eigenvalue weighted by molar-refractivity contribution is -0.385. The van der Waals surface area contributed by atoms with Gasteiger partial charge in [-0.15, -0.1) is 0 Å². The second-order valence-corrected chi connectivity index (χ2v) is 13.3. The van der Waals surface area contributed by atoms with Crippen LogP contribution in [-0.4, -0.2) is 66.4 Å². The van der Waals surface area contributed by atoms with Crippen molar-refractivity contribution >= 4 is 11.6 Å². The van der Waals surface area contributed by atoms with Crippen LogP contribution in [0.5, 0.6) is 0 Å². The van der Waals surface area contributed by atoms with Gasteiger partial charge in [0.1, 0.15) is 12.4 Å². The summed E-state index contributed by atoms with van der Waals surface area (Å²) < 4.78 is 3.93. The highest BCUT2D eigenvalue weighted by Crippen LogP contribution is 2.65. The van der Waals surface area contributed by atoms with E-state index in [2.05, 4.69) is 40.9 Å². The van der Waals surface area contributed by atoms with Gasteiger partial charge in [-0.1, -0.05) is 18.2 Å². The summed E-state index contributed by atoms with van der Waals surface area (Å²) in [6, 6.07) is 10.3. The quantitative estimate of drug-likeness (QED) is 0.310. The van der Waals surface area contributed by atoms with Crippen LogP contribution in [0, 0.1) is 41.2 Å². The minimum absolute atomic E-state index is 0.0146. The Morgan fingerprint density at radius 2 is 1.76 bits per heavy atom. The highest BCUT2D eigenvalue weighted by atomic mass is 16.6. The van der Waals surface area contributed by atoms with E-state index < -0.39 is 0 Å². The zero-order valence-corrected chi connectivity index (χ0v) is 24.0. The van der Waals surface area contributed by atoms with E-state index in [0.717, 1.165) is 76.2 Å². The second kappa shape index (κ2) is 9.79. The van der Waals surface area contributed by atoms with Gasteiger partial charge in [0.05, 0.1) is 21.8 Å². The van der Waals surface area contributed by atoms with E-state index in [4.69, 9.17) is 5.10 Å². The Morgan fingerprint density at radius 3 is 2.41 bits per heavy atom. The molecule has 0 radical (unpaired) electrons. The number of nitrogens with zero attached hydrogens (tertiary/aromatic N) is 7. The highest BCUT2D eigenvalue weighted by Gasteiger charge is 2.59. The van der Waals surface area contributed by atoms with Gasteiger partial charge in [-0.05, 0) is 81.8 Å². The predicted octanol–water partition coefficient (Wildman–Crippen LogP) is 4.62. The molecule has 5 fully saturated rings. The first-order valence-electron chi connectivity index (χ1n) is 15.0. The molecule has 4 aliphatic carbocycles. The molecule has 1 aliphatic heterocycles. The van der Waals surface area contributed by atoms with Crippen molar-refractivity contribution in [1.29, 1.82) is 0 Å². The summed E-state index contributed by atoms with van der Waals surface area (Å²) in [6.45, 7) is 8.30. The lowest BCUT2D eigenvalue weighted by Crippen LogP contribution is -2.58. The molecule has 2 unspecified atom stereocenters. The third-order valence-corrected chi connectivity index (χ3v) is 10.5. The zero-order valence-electron chi connectivity index (χ0n) is 24.0. The second-order valence-electron chi connectivity index (χ2n) is 13.3. The van der Waals surface area contributed by atoms with Gasteiger partial charge in [0.15, 0.2) is 0 Å². The van der Waals surface area contributed by atoms with Crippen LogP contribution in [0.2, 0.25) is 0 Å². The van der Waals surface area contributed by atoms with Gasteiger partial charge in [0.2, 0.25) is 5.91 Å². The van der Waals surface area contributed by atoms with Crippen molar-refractivity contribution in [3.63, 3.8) is 0 Å². The molecule has 3 heterocycles. The standard InChI is InChI=1S/C31H39N7O3/c1-22-28(23(2)37(33-22)26-6-4-3-5-7-26)20-34-8-10-35(11-9-34)29(39)17-30-13-24-12-25(14-30)16-31(15-24,21-30)36-19-27(18-32-36)38(40)41/h3-7,18-19,24-25H,8-17,20-21H2,1-2H3. The molecule has 216 valence electrons. The molecule has 10 nitrogen and oxygen atoms in total. The van der Waals surface area contributed by atoms with E-state index in [-0.39, 0.29) is 27.5 Å². The maximum atomic E-state index is 13.7. The minimum atomic E-state index is -0.360. The van der Waals surface area contributed by atoms with Crippen LogP contribution in [0.4, 0.5) is 5.69 Å². The summed E-state index contributed by atoms with van der Waals surface area (Å²) in [5.41, 5.74) is 4.43. The largest absolute Gasteiger partial charge is 0.340 e. The maximum absolute atomic E-state index is 13.7. The first kappa shape index (κ1) is 26.4. The van der Waals surface area contributed by atoms with Crippen LogP contribution in [0.1, 0.15) is 61.9 Å². The SMILES string of the molecule is Cc1nn(-c2ccccc2)c(C)c1CN1CCN(C(=O)CC23CC4CC(C2)CC(n2cc([N+](=O)[O-])cn2)(C4)C3)CC1. The fraction of sp³-hybridized carbons (Fsp3) is 0.581. The van der Waals surface area contributed by atoms with E-state index >= 15 is 0 Å². The van der Waals surface area contributed by atoms with Crippen LogP contribution in [0.15, 0.2) is 42.7 Å². The van der Waals surface area contributed by atoms with Crippen LogP contribution in [0.25, 0.3) is 5.69 Å². The van der Waals surface area contributed by atoms with Gasteiger partial charge < -0.3 is 4.90 Å². The normalized spacial score (nSPS) is 29.3. The number of nitro groups is 1. The first-order chi connectivity index (χ1) is 19.7. The van der Waals surface area contributed by atoms with Gasteiger partial charge >= 0.3 is 5.69 Å². The zero-order chi connectivity index (χ0) is 28.4. The Kier molecular flexibility index (Phi) is 6.30. The molecular formula is C31H39N7O3. The smallest absolute Gasteiger partial charge is 0.307 e. The van der Waals surface area contributed by atoms with Crippen molar-refractivity contribution < 1.29 is 9.72 Å². The minimum Gasteiger partial charge on any atom is -0.340 e. The average Bonchev–Trinajstić information content (AvgIpc) is 3.55. The summed E-state index contributed by atoms with van der Waals surface area (Å²) in [4.78, 5) is 29.2. The summed E-state index contributed by atoms with van der Waals surface area (Å²) in [7, 11) is 0. The van der Waals surface area contributed by atoms with Crippen molar-refractivity contribution in [2.45, 2.75) is 70.9 Å². The number of hydrogen-bond donors (Lipinski definition) is 0. The van der Waals surface area contributed by atoms with Crippen molar-refractivity contribution in [2.75, 3.05) is 26.2 Å². The highest BCUT2D eigenvalue weighted by molar-refractivity contribution is 5.77. The fourth-order valence-corrected chi connectivity index (χ4v) is 9.08. The van der Waals surface area contributed by atoms with E-state index in [1.807, 2.05) is 27.6 Å². The van der Waals surface area contributed by atoms with Crippen molar-refractivity contribution in [1.82, 2.24) is 29.4 Å². The monoisotopic (exact) mass is 557 g/mol. The van der Waals surface area contributed by atoms with E-state index in [0.29, 0.717) is 18.3 Å². The van der Waals surface area contributed by atoms with Gasteiger partial charge in [0, 0.05) is 50.4 Å². The molecule has 10 heteroatoms. The number of benzene rings is 1.